The molecule has 2 rings (SSSR count). The second-order valence-electron chi connectivity index (χ2n) is 5.55. The lowest BCUT2D eigenvalue weighted by Gasteiger charge is -2.38. The molecular formula is C13H18N2O4S. The van der Waals surface area contributed by atoms with Crippen LogP contribution in [0.4, 0.5) is 5.69 Å². The van der Waals surface area contributed by atoms with Crippen LogP contribution in [-0.4, -0.2) is 26.0 Å². The van der Waals surface area contributed by atoms with Gasteiger partial charge in [-0.15, -0.1) is 0 Å². The number of hydrogen-bond acceptors (Lipinski definition) is 4. The summed E-state index contributed by atoms with van der Waals surface area (Å²) in [4.78, 5) is 10.7. The summed E-state index contributed by atoms with van der Waals surface area (Å²) in [5.74, 6) is -1.14. The molecule has 1 saturated carbocycles. The summed E-state index contributed by atoms with van der Waals surface area (Å²) >= 11 is 0. The average Bonchev–Trinajstić information content (AvgIpc) is 2.33. The van der Waals surface area contributed by atoms with Crippen molar-refractivity contribution in [2.24, 2.45) is 5.41 Å². The number of carboxylic acid groups (broad SMARTS) is 1. The second-order valence-corrected chi connectivity index (χ2v) is 7.28. The number of aromatic carboxylic acids is 1. The minimum Gasteiger partial charge on any atom is -0.478 e. The van der Waals surface area contributed by atoms with Crippen LogP contribution in [-0.2, 0) is 10.0 Å². The summed E-state index contributed by atoms with van der Waals surface area (Å²) < 4.78 is 26.9. The van der Waals surface area contributed by atoms with Crippen LogP contribution < -0.4 is 10.5 Å². The third kappa shape index (κ3) is 2.94. The highest BCUT2D eigenvalue weighted by atomic mass is 32.2. The Bertz CT molecular complexity index is 636. The number of rotatable bonds is 5. The van der Waals surface area contributed by atoms with E-state index in [1.54, 1.807) is 0 Å². The number of nitrogens with two attached hydrogens (primary N) is 1. The van der Waals surface area contributed by atoms with Crippen LogP contribution >= 0.6 is 0 Å². The molecule has 0 unspecified atom stereocenters. The molecule has 0 spiro atoms. The Morgan fingerprint density at radius 2 is 2.10 bits per heavy atom. The lowest BCUT2D eigenvalue weighted by molar-refractivity contribution is 0.0697. The van der Waals surface area contributed by atoms with Gasteiger partial charge in [0.1, 0.15) is 4.90 Å². The molecule has 1 aromatic carbocycles. The molecule has 0 atom stereocenters. The van der Waals surface area contributed by atoms with E-state index >= 15 is 0 Å². The maximum Gasteiger partial charge on any atom is 0.335 e. The minimum atomic E-state index is -3.71. The van der Waals surface area contributed by atoms with Crippen LogP contribution in [0.1, 0.15) is 36.5 Å². The van der Waals surface area contributed by atoms with Gasteiger partial charge >= 0.3 is 5.97 Å². The minimum absolute atomic E-state index is 0.0167. The SMILES string of the molecule is CC1(CNS(=O)(=O)c2ccc(C(=O)O)cc2N)CCC1. The normalized spacial score (nSPS) is 17.4. The zero-order valence-electron chi connectivity index (χ0n) is 11.2. The van der Waals surface area contributed by atoms with Crippen molar-refractivity contribution in [1.82, 2.24) is 4.72 Å². The zero-order valence-corrected chi connectivity index (χ0v) is 12.0. The van der Waals surface area contributed by atoms with Gasteiger partial charge in [0, 0.05) is 6.54 Å². The monoisotopic (exact) mass is 298 g/mol. The van der Waals surface area contributed by atoms with Crippen LogP contribution in [0.3, 0.4) is 0 Å². The molecule has 6 nitrogen and oxygen atoms in total. The van der Waals surface area contributed by atoms with Crippen LogP contribution in [0.5, 0.6) is 0 Å². The first-order valence-electron chi connectivity index (χ1n) is 6.36. The number of nitrogen functional groups attached to an aromatic ring is 1. The van der Waals surface area contributed by atoms with E-state index in [9.17, 15) is 13.2 Å². The first kappa shape index (κ1) is 14.8. The number of benzene rings is 1. The van der Waals surface area contributed by atoms with Gasteiger partial charge in [-0.3, -0.25) is 0 Å². The fourth-order valence-electron chi connectivity index (χ4n) is 2.23. The fourth-order valence-corrected chi connectivity index (χ4v) is 3.54. The lowest BCUT2D eigenvalue weighted by Crippen LogP contribution is -2.40. The maximum atomic E-state index is 12.2. The topological polar surface area (TPSA) is 109 Å². The highest BCUT2D eigenvalue weighted by Gasteiger charge is 2.33. The Morgan fingerprint density at radius 3 is 2.55 bits per heavy atom. The van der Waals surface area contributed by atoms with Gasteiger partial charge in [0.05, 0.1) is 11.3 Å². The molecule has 20 heavy (non-hydrogen) atoms. The number of hydrogen-bond donors (Lipinski definition) is 3. The number of nitrogens with one attached hydrogen (secondary N) is 1. The van der Waals surface area contributed by atoms with Crippen LogP contribution in [0, 0.1) is 5.41 Å². The summed E-state index contributed by atoms with van der Waals surface area (Å²) in [5.41, 5.74) is 5.57. The van der Waals surface area contributed by atoms with Gasteiger partial charge in [-0.25, -0.2) is 17.9 Å². The van der Waals surface area contributed by atoms with Crippen LogP contribution in [0.15, 0.2) is 23.1 Å². The molecule has 1 aliphatic rings. The highest BCUT2D eigenvalue weighted by Crippen LogP contribution is 2.39. The van der Waals surface area contributed by atoms with E-state index in [4.69, 9.17) is 10.8 Å². The van der Waals surface area contributed by atoms with Crippen LogP contribution in [0.2, 0.25) is 0 Å². The van der Waals surface area contributed by atoms with E-state index in [0.29, 0.717) is 6.54 Å². The summed E-state index contributed by atoms with van der Waals surface area (Å²) in [6.07, 6.45) is 3.12. The molecule has 1 fully saturated rings. The Hall–Kier alpha value is -1.60. The summed E-state index contributed by atoms with van der Waals surface area (Å²) in [6.45, 7) is 2.41. The van der Waals surface area contributed by atoms with Crippen molar-refractivity contribution in [2.75, 3.05) is 12.3 Å². The van der Waals surface area contributed by atoms with E-state index in [1.165, 1.54) is 12.1 Å². The third-order valence-electron chi connectivity index (χ3n) is 3.80. The molecule has 110 valence electrons. The van der Waals surface area contributed by atoms with Crippen molar-refractivity contribution >= 4 is 21.7 Å². The lowest BCUT2D eigenvalue weighted by atomic mass is 9.71. The summed E-state index contributed by atoms with van der Waals surface area (Å²) in [7, 11) is -3.71. The first-order chi connectivity index (χ1) is 9.23. The molecule has 0 saturated heterocycles. The van der Waals surface area contributed by atoms with Gasteiger partial charge in [0.2, 0.25) is 10.0 Å². The molecule has 0 amide bonds. The largest absolute Gasteiger partial charge is 0.478 e. The van der Waals surface area contributed by atoms with E-state index in [-0.39, 0.29) is 21.6 Å². The summed E-state index contributed by atoms with van der Waals surface area (Å²) in [6, 6.07) is 3.62. The van der Waals surface area contributed by atoms with Crippen molar-refractivity contribution in [1.29, 1.82) is 0 Å². The molecule has 1 aliphatic carbocycles. The molecule has 0 aromatic heterocycles. The maximum absolute atomic E-state index is 12.2. The molecule has 0 radical (unpaired) electrons. The average molecular weight is 298 g/mol. The smallest absolute Gasteiger partial charge is 0.335 e. The molecule has 1 aromatic rings. The van der Waals surface area contributed by atoms with Gasteiger partial charge in [0.15, 0.2) is 0 Å². The Balaban J connectivity index is 2.18. The number of carboxylic acids is 1. The van der Waals surface area contributed by atoms with E-state index in [2.05, 4.69) is 4.72 Å². The van der Waals surface area contributed by atoms with E-state index < -0.39 is 16.0 Å². The van der Waals surface area contributed by atoms with Crippen molar-refractivity contribution in [2.45, 2.75) is 31.1 Å². The molecule has 7 heteroatoms. The van der Waals surface area contributed by atoms with Crippen molar-refractivity contribution in [3.05, 3.63) is 23.8 Å². The zero-order chi connectivity index (χ0) is 15.0. The van der Waals surface area contributed by atoms with E-state index in [0.717, 1.165) is 25.3 Å². The van der Waals surface area contributed by atoms with Crippen LogP contribution in [0.25, 0.3) is 0 Å². The predicted molar refractivity (Wildman–Crippen MR) is 75.0 cm³/mol. The van der Waals surface area contributed by atoms with Gasteiger partial charge in [-0.1, -0.05) is 13.3 Å². The highest BCUT2D eigenvalue weighted by molar-refractivity contribution is 7.89. The van der Waals surface area contributed by atoms with Gasteiger partial charge < -0.3 is 10.8 Å². The number of sulfonamides is 1. The standard InChI is InChI=1S/C13H18N2O4S/c1-13(5-2-6-13)8-15-20(18,19)11-4-3-9(12(16)17)7-10(11)14/h3-4,7,15H,2,5-6,8,14H2,1H3,(H,16,17). The van der Waals surface area contributed by atoms with Crippen molar-refractivity contribution in [3.63, 3.8) is 0 Å². The molecule has 0 heterocycles. The fraction of sp³-hybridized carbons (Fsp3) is 0.462. The predicted octanol–water partition coefficient (Wildman–Crippen LogP) is 1.44. The quantitative estimate of drug-likeness (QED) is 0.712. The Labute approximate surface area is 118 Å². The van der Waals surface area contributed by atoms with Crippen molar-refractivity contribution < 1.29 is 18.3 Å². The van der Waals surface area contributed by atoms with E-state index in [1.807, 2.05) is 6.92 Å². The molecule has 4 N–H and O–H groups in total. The molecular weight excluding hydrogens is 280 g/mol. The summed E-state index contributed by atoms with van der Waals surface area (Å²) in [5, 5.41) is 8.83. The Morgan fingerprint density at radius 1 is 1.45 bits per heavy atom. The number of anilines is 1. The Kier molecular flexibility index (Phi) is 3.75. The second kappa shape index (κ2) is 5.06. The first-order valence-corrected chi connectivity index (χ1v) is 7.84. The molecule has 0 aliphatic heterocycles. The van der Waals surface area contributed by atoms with Gasteiger partial charge in [-0.05, 0) is 36.5 Å². The van der Waals surface area contributed by atoms with Crippen molar-refractivity contribution in [3.8, 4) is 0 Å². The third-order valence-corrected chi connectivity index (χ3v) is 5.27. The van der Waals surface area contributed by atoms with Gasteiger partial charge in [0.25, 0.3) is 0 Å². The van der Waals surface area contributed by atoms with Gasteiger partial charge in [-0.2, -0.15) is 0 Å². The molecule has 0 bridgehead atoms. The number of carbonyl (C=O) groups is 1.